The Balaban J connectivity index is 1.57. The first-order valence-corrected chi connectivity index (χ1v) is 12.2. The molecule has 31 heavy (non-hydrogen) atoms. The fraction of sp³-hybridized carbons (Fsp3) is 0.435. The Bertz CT molecular complexity index is 997. The van der Waals surface area contributed by atoms with Crippen molar-refractivity contribution in [3.8, 4) is 11.5 Å². The third kappa shape index (κ3) is 5.50. The zero-order valence-electron chi connectivity index (χ0n) is 18.3. The highest BCUT2D eigenvalue weighted by atomic mass is 32.2. The number of carbonyl (C=O) groups excluding carboxylic acids is 1. The summed E-state index contributed by atoms with van der Waals surface area (Å²) in [5.41, 5.74) is 1.53. The first-order valence-electron chi connectivity index (χ1n) is 10.6. The van der Waals surface area contributed by atoms with Crippen LogP contribution in [0.5, 0.6) is 11.5 Å². The molecule has 1 heterocycles. The van der Waals surface area contributed by atoms with Crippen molar-refractivity contribution in [2.75, 3.05) is 37.5 Å². The summed E-state index contributed by atoms with van der Waals surface area (Å²) in [6.45, 7) is 5.64. The van der Waals surface area contributed by atoms with Crippen molar-refractivity contribution in [1.82, 2.24) is 5.32 Å². The lowest BCUT2D eigenvalue weighted by molar-refractivity contribution is 0.0930. The second-order valence-corrected chi connectivity index (χ2v) is 9.71. The summed E-state index contributed by atoms with van der Waals surface area (Å²) in [6.07, 6.45) is 1.63. The maximum absolute atomic E-state index is 12.7. The van der Waals surface area contributed by atoms with E-state index < -0.39 is 9.84 Å². The molecular formula is C23H30N2O5S. The number of ether oxygens (including phenoxy) is 2. The number of nitrogens with zero attached hydrogens (tertiary/aromatic N) is 1. The molecule has 1 aliphatic rings. The van der Waals surface area contributed by atoms with Crippen molar-refractivity contribution in [3.05, 3.63) is 48.0 Å². The van der Waals surface area contributed by atoms with Gasteiger partial charge in [0.1, 0.15) is 0 Å². The molecule has 1 fully saturated rings. The molecule has 1 amide bonds. The van der Waals surface area contributed by atoms with E-state index in [2.05, 4.69) is 10.2 Å². The number of benzene rings is 2. The van der Waals surface area contributed by atoms with Gasteiger partial charge in [-0.15, -0.1) is 0 Å². The number of hydrogen-bond donors (Lipinski definition) is 1. The Kier molecular flexibility index (Phi) is 7.43. The number of carbonyl (C=O) groups is 1. The first kappa shape index (κ1) is 22.9. The van der Waals surface area contributed by atoms with E-state index in [-0.39, 0.29) is 17.7 Å². The summed E-state index contributed by atoms with van der Waals surface area (Å²) in [6, 6.07) is 12.3. The SMILES string of the molecule is CCOc1ccc(C(=O)NC2CCN(c3ccc(S(=O)(=O)CC)cc3)CC2)cc1OC. The van der Waals surface area contributed by atoms with Crippen LogP contribution in [0.2, 0.25) is 0 Å². The van der Waals surface area contributed by atoms with Gasteiger partial charge < -0.3 is 19.7 Å². The lowest BCUT2D eigenvalue weighted by atomic mass is 10.0. The van der Waals surface area contributed by atoms with Gasteiger partial charge in [-0.25, -0.2) is 8.42 Å². The molecule has 0 spiro atoms. The second-order valence-electron chi connectivity index (χ2n) is 7.43. The molecule has 1 saturated heterocycles. The van der Waals surface area contributed by atoms with Crippen molar-refractivity contribution >= 4 is 21.4 Å². The Morgan fingerprint density at radius 1 is 1.06 bits per heavy atom. The number of piperidine rings is 1. The quantitative estimate of drug-likeness (QED) is 0.670. The normalized spacial score (nSPS) is 14.9. The Morgan fingerprint density at radius 3 is 2.32 bits per heavy atom. The lowest BCUT2D eigenvalue weighted by Crippen LogP contribution is -2.44. The van der Waals surface area contributed by atoms with Crippen LogP contribution in [0, 0.1) is 0 Å². The molecular weight excluding hydrogens is 416 g/mol. The summed E-state index contributed by atoms with van der Waals surface area (Å²) in [7, 11) is -1.63. The van der Waals surface area contributed by atoms with Crippen molar-refractivity contribution < 1.29 is 22.7 Å². The van der Waals surface area contributed by atoms with Gasteiger partial charge in [0.2, 0.25) is 0 Å². The van der Waals surface area contributed by atoms with Crippen LogP contribution in [0.15, 0.2) is 47.4 Å². The minimum absolute atomic E-state index is 0.0843. The fourth-order valence-electron chi connectivity index (χ4n) is 3.67. The van der Waals surface area contributed by atoms with Crippen molar-refractivity contribution in [1.29, 1.82) is 0 Å². The Morgan fingerprint density at radius 2 is 1.74 bits per heavy atom. The summed E-state index contributed by atoms with van der Waals surface area (Å²) < 4.78 is 34.8. The van der Waals surface area contributed by atoms with Crippen LogP contribution >= 0.6 is 0 Å². The zero-order chi connectivity index (χ0) is 22.4. The molecule has 1 N–H and O–H groups in total. The summed E-state index contributed by atoms with van der Waals surface area (Å²) >= 11 is 0. The summed E-state index contributed by atoms with van der Waals surface area (Å²) in [5.74, 6) is 1.12. The predicted molar refractivity (Wildman–Crippen MR) is 121 cm³/mol. The maximum atomic E-state index is 12.7. The van der Waals surface area contributed by atoms with Crippen LogP contribution in [0.25, 0.3) is 0 Å². The largest absolute Gasteiger partial charge is 0.493 e. The molecule has 2 aromatic rings. The summed E-state index contributed by atoms with van der Waals surface area (Å²) in [5, 5.41) is 3.11. The van der Waals surface area contributed by atoms with Crippen LogP contribution in [0.3, 0.4) is 0 Å². The van der Waals surface area contributed by atoms with E-state index in [1.54, 1.807) is 44.4 Å². The van der Waals surface area contributed by atoms with Gasteiger partial charge in [0.05, 0.1) is 24.4 Å². The average molecular weight is 447 g/mol. The molecule has 0 bridgehead atoms. The molecule has 7 nitrogen and oxygen atoms in total. The number of nitrogens with one attached hydrogen (secondary N) is 1. The second kappa shape index (κ2) is 10.0. The zero-order valence-corrected chi connectivity index (χ0v) is 19.1. The number of hydrogen-bond acceptors (Lipinski definition) is 6. The van der Waals surface area contributed by atoms with Gasteiger partial charge >= 0.3 is 0 Å². The van der Waals surface area contributed by atoms with E-state index in [0.717, 1.165) is 31.6 Å². The molecule has 1 aliphatic heterocycles. The minimum Gasteiger partial charge on any atom is -0.493 e. The van der Waals surface area contributed by atoms with Crippen LogP contribution in [-0.4, -0.2) is 52.9 Å². The predicted octanol–water partition coefficient (Wildman–Crippen LogP) is 3.29. The monoisotopic (exact) mass is 446 g/mol. The number of anilines is 1. The Hall–Kier alpha value is -2.74. The van der Waals surface area contributed by atoms with Crippen molar-refractivity contribution in [2.45, 2.75) is 37.6 Å². The molecule has 2 aromatic carbocycles. The lowest BCUT2D eigenvalue weighted by Gasteiger charge is -2.34. The molecule has 0 aliphatic carbocycles. The molecule has 0 saturated carbocycles. The topological polar surface area (TPSA) is 84.9 Å². The molecule has 8 heteroatoms. The van der Waals surface area contributed by atoms with Crippen LogP contribution < -0.4 is 19.7 Å². The van der Waals surface area contributed by atoms with Crippen LogP contribution in [0.1, 0.15) is 37.0 Å². The van der Waals surface area contributed by atoms with E-state index in [4.69, 9.17) is 9.47 Å². The molecule has 0 unspecified atom stereocenters. The van der Waals surface area contributed by atoms with E-state index in [1.165, 1.54) is 0 Å². The maximum Gasteiger partial charge on any atom is 0.251 e. The van der Waals surface area contributed by atoms with Gasteiger partial charge in [0.15, 0.2) is 21.3 Å². The van der Waals surface area contributed by atoms with Gasteiger partial charge in [0.25, 0.3) is 5.91 Å². The molecule has 0 aromatic heterocycles. The van der Waals surface area contributed by atoms with Gasteiger partial charge in [-0.3, -0.25) is 4.79 Å². The molecule has 0 radical (unpaired) electrons. The average Bonchev–Trinajstić information content (AvgIpc) is 2.80. The highest BCUT2D eigenvalue weighted by molar-refractivity contribution is 7.91. The van der Waals surface area contributed by atoms with Gasteiger partial charge in [0, 0.05) is 30.4 Å². The fourth-order valence-corrected chi connectivity index (χ4v) is 4.55. The van der Waals surface area contributed by atoms with E-state index in [0.29, 0.717) is 28.6 Å². The standard InChI is InChI=1S/C23H30N2O5S/c1-4-30-21-11-6-17(16-22(21)29-3)23(26)24-18-12-14-25(15-13-18)19-7-9-20(10-8-19)31(27,28)5-2/h6-11,16,18H,4-5,12-15H2,1-3H3,(H,24,26). The van der Waals surface area contributed by atoms with Gasteiger partial charge in [-0.2, -0.15) is 0 Å². The molecule has 0 atom stereocenters. The van der Waals surface area contributed by atoms with Crippen LogP contribution in [0.4, 0.5) is 5.69 Å². The smallest absolute Gasteiger partial charge is 0.251 e. The highest BCUT2D eigenvalue weighted by Crippen LogP contribution is 2.28. The highest BCUT2D eigenvalue weighted by Gasteiger charge is 2.22. The van der Waals surface area contributed by atoms with E-state index in [9.17, 15) is 13.2 Å². The minimum atomic E-state index is -3.19. The van der Waals surface area contributed by atoms with E-state index >= 15 is 0 Å². The summed E-state index contributed by atoms with van der Waals surface area (Å²) in [4.78, 5) is 15.3. The number of methoxy groups -OCH3 is 1. The van der Waals surface area contributed by atoms with Gasteiger partial charge in [-0.1, -0.05) is 6.92 Å². The first-order chi connectivity index (χ1) is 14.9. The Labute approximate surface area is 184 Å². The number of sulfone groups is 1. The van der Waals surface area contributed by atoms with Gasteiger partial charge in [-0.05, 0) is 62.2 Å². The third-order valence-electron chi connectivity index (χ3n) is 5.50. The molecule has 3 rings (SSSR count). The number of amides is 1. The van der Waals surface area contributed by atoms with E-state index in [1.807, 2.05) is 19.1 Å². The third-order valence-corrected chi connectivity index (χ3v) is 7.25. The number of rotatable bonds is 8. The van der Waals surface area contributed by atoms with Crippen molar-refractivity contribution in [2.24, 2.45) is 0 Å². The van der Waals surface area contributed by atoms with Crippen LogP contribution in [-0.2, 0) is 9.84 Å². The van der Waals surface area contributed by atoms with Crippen molar-refractivity contribution in [3.63, 3.8) is 0 Å². The molecule has 168 valence electrons.